The Labute approximate surface area is 98.0 Å². The SMILES string of the molecule is O=C(Nc1cccc(CCl)c1)c1ccco1. The van der Waals surface area contributed by atoms with Crippen LogP contribution in [0.2, 0.25) is 0 Å². The summed E-state index contributed by atoms with van der Waals surface area (Å²) in [4.78, 5) is 11.6. The minimum atomic E-state index is -0.267. The second-order valence-corrected chi connectivity index (χ2v) is 3.53. The van der Waals surface area contributed by atoms with Gasteiger partial charge in [-0.1, -0.05) is 12.1 Å². The van der Waals surface area contributed by atoms with Crippen LogP contribution in [0.1, 0.15) is 16.1 Å². The first-order valence-electron chi connectivity index (χ1n) is 4.79. The van der Waals surface area contributed by atoms with E-state index in [-0.39, 0.29) is 11.7 Å². The van der Waals surface area contributed by atoms with Crippen LogP contribution in [0.25, 0.3) is 0 Å². The van der Waals surface area contributed by atoms with Crippen molar-refractivity contribution in [3.63, 3.8) is 0 Å². The molecule has 0 bridgehead atoms. The Bertz CT molecular complexity index is 480. The van der Waals surface area contributed by atoms with E-state index in [2.05, 4.69) is 5.32 Å². The number of alkyl halides is 1. The summed E-state index contributed by atoms with van der Waals surface area (Å²) in [5, 5.41) is 2.73. The van der Waals surface area contributed by atoms with Gasteiger partial charge in [-0.05, 0) is 29.8 Å². The number of carbonyl (C=O) groups is 1. The van der Waals surface area contributed by atoms with Crippen LogP contribution in [0.15, 0.2) is 47.1 Å². The van der Waals surface area contributed by atoms with Crippen LogP contribution in [0.5, 0.6) is 0 Å². The summed E-state index contributed by atoms with van der Waals surface area (Å²) < 4.78 is 4.99. The number of carbonyl (C=O) groups excluding carboxylic acids is 1. The maximum Gasteiger partial charge on any atom is 0.291 e. The Kier molecular flexibility index (Phi) is 3.27. The molecule has 1 heterocycles. The fourth-order valence-electron chi connectivity index (χ4n) is 1.33. The highest BCUT2D eigenvalue weighted by molar-refractivity contribution is 6.17. The quantitative estimate of drug-likeness (QED) is 0.830. The standard InChI is InChI=1S/C12H10ClNO2/c13-8-9-3-1-4-10(7-9)14-12(15)11-5-2-6-16-11/h1-7H,8H2,(H,14,15). The number of hydrogen-bond donors (Lipinski definition) is 1. The predicted molar refractivity (Wildman–Crippen MR) is 62.7 cm³/mol. The molecule has 0 unspecified atom stereocenters. The lowest BCUT2D eigenvalue weighted by Gasteiger charge is -2.04. The summed E-state index contributed by atoms with van der Waals surface area (Å²) in [6, 6.07) is 10.7. The summed E-state index contributed by atoms with van der Waals surface area (Å²) >= 11 is 5.70. The zero-order valence-corrected chi connectivity index (χ0v) is 9.20. The molecule has 0 aliphatic heterocycles. The Morgan fingerprint density at radius 1 is 1.31 bits per heavy atom. The first-order valence-corrected chi connectivity index (χ1v) is 5.33. The van der Waals surface area contributed by atoms with Crippen LogP contribution in [-0.2, 0) is 5.88 Å². The van der Waals surface area contributed by atoms with Gasteiger partial charge in [-0.15, -0.1) is 11.6 Å². The fraction of sp³-hybridized carbons (Fsp3) is 0.0833. The normalized spacial score (nSPS) is 10.1. The molecule has 3 nitrogen and oxygen atoms in total. The molecule has 0 saturated carbocycles. The molecule has 0 saturated heterocycles. The first kappa shape index (κ1) is 10.8. The molecule has 1 aromatic carbocycles. The van der Waals surface area contributed by atoms with Crippen molar-refractivity contribution in [2.24, 2.45) is 0 Å². The topological polar surface area (TPSA) is 42.2 Å². The lowest BCUT2D eigenvalue weighted by Crippen LogP contribution is -2.10. The van der Waals surface area contributed by atoms with Crippen molar-refractivity contribution in [1.82, 2.24) is 0 Å². The Hall–Kier alpha value is -1.74. The van der Waals surface area contributed by atoms with Crippen molar-refractivity contribution in [2.75, 3.05) is 5.32 Å². The van der Waals surface area contributed by atoms with E-state index in [9.17, 15) is 4.79 Å². The minimum Gasteiger partial charge on any atom is -0.459 e. The third-order valence-corrected chi connectivity index (χ3v) is 2.39. The lowest BCUT2D eigenvalue weighted by molar-refractivity contribution is 0.0996. The van der Waals surface area contributed by atoms with Gasteiger partial charge >= 0.3 is 0 Å². The monoisotopic (exact) mass is 235 g/mol. The summed E-state index contributed by atoms with van der Waals surface area (Å²) in [6.45, 7) is 0. The highest BCUT2D eigenvalue weighted by Gasteiger charge is 2.08. The summed E-state index contributed by atoms with van der Waals surface area (Å²) in [5.41, 5.74) is 1.67. The van der Waals surface area contributed by atoms with E-state index in [1.54, 1.807) is 18.2 Å². The molecule has 0 atom stereocenters. The molecule has 2 aromatic rings. The van der Waals surface area contributed by atoms with Crippen LogP contribution in [-0.4, -0.2) is 5.91 Å². The van der Waals surface area contributed by atoms with Gasteiger partial charge in [0.25, 0.3) is 5.91 Å². The molecular formula is C12H10ClNO2. The zero-order chi connectivity index (χ0) is 11.4. The van der Waals surface area contributed by atoms with Gasteiger partial charge in [0, 0.05) is 11.6 Å². The van der Waals surface area contributed by atoms with Gasteiger partial charge in [0.2, 0.25) is 0 Å². The molecule has 0 fully saturated rings. The van der Waals surface area contributed by atoms with Gasteiger partial charge in [0.15, 0.2) is 5.76 Å². The van der Waals surface area contributed by atoms with Crippen molar-refractivity contribution in [2.45, 2.75) is 5.88 Å². The number of halogens is 1. The largest absolute Gasteiger partial charge is 0.459 e. The van der Waals surface area contributed by atoms with E-state index < -0.39 is 0 Å². The maximum atomic E-state index is 11.6. The minimum absolute atomic E-state index is 0.267. The van der Waals surface area contributed by atoms with E-state index in [1.165, 1.54) is 6.26 Å². The van der Waals surface area contributed by atoms with Gasteiger partial charge in [0.1, 0.15) is 0 Å². The molecule has 0 aliphatic rings. The number of furan rings is 1. The molecule has 82 valence electrons. The molecule has 0 spiro atoms. The smallest absolute Gasteiger partial charge is 0.291 e. The second kappa shape index (κ2) is 4.86. The van der Waals surface area contributed by atoms with Crippen molar-refractivity contribution in [3.8, 4) is 0 Å². The molecule has 4 heteroatoms. The molecule has 2 rings (SSSR count). The average molecular weight is 236 g/mol. The molecule has 16 heavy (non-hydrogen) atoms. The average Bonchev–Trinajstić information content (AvgIpc) is 2.83. The van der Waals surface area contributed by atoms with E-state index in [0.717, 1.165) is 5.56 Å². The van der Waals surface area contributed by atoms with Crippen LogP contribution >= 0.6 is 11.6 Å². The summed E-state index contributed by atoms with van der Waals surface area (Å²) in [7, 11) is 0. The number of benzene rings is 1. The van der Waals surface area contributed by atoms with Crippen molar-refractivity contribution >= 4 is 23.2 Å². The van der Waals surface area contributed by atoms with Crippen LogP contribution in [0.4, 0.5) is 5.69 Å². The number of hydrogen-bond acceptors (Lipinski definition) is 2. The van der Waals surface area contributed by atoms with E-state index in [4.69, 9.17) is 16.0 Å². The third kappa shape index (κ3) is 2.44. The Balaban J connectivity index is 2.12. The zero-order valence-electron chi connectivity index (χ0n) is 8.44. The third-order valence-electron chi connectivity index (χ3n) is 2.08. The van der Waals surface area contributed by atoms with E-state index >= 15 is 0 Å². The van der Waals surface area contributed by atoms with Crippen molar-refractivity contribution in [1.29, 1.82) is 0 Å². The maximum absolute atomic E-state index is 11.6. The Morgan fingerprint density at radius 3 is 2.88 bits per heavy atom. The van der Waals surface area contributed by atoms with Gasteiger partial charge in [-0.2, -0.15) is 0 Å². The molecule has 1 amide bonds. The molecule has 1 aromatic heterocycles. The lowest BCUT2D eigenvalue weighted by atomic mass is 10.2. The van der Waals surface area contributed by atoms with Crippen LogP contribution in [0, 0.1) is 0 Å². The first-order chi connectivity index (χ1) is 7.79. The van der Waals surface area contributed by atoms with Gasteiger partial charge < -0.3 is 9.73 Å². The molecular weight excluding hydrogens is 226 g/mol. The highest BCUT2D eigenvalue weighted by atomic mass is 35.5. The number of rotatable bonds is 3. The Morgan fingerprint density at radius 2 is 2.19 bits per heavy atom. The highest BCUT2D eigenvalue weighted by Crippen LogP contribution is 2.13. The van der Waals surface area contributed by atoms with E-state index in [1.807, 2.05) is 18.2 Å². The van der Waals surface area contributed by atoms with E-state index in [0.29, 0.717) is 11.6 Å². The van der Waals surface area contributed by atoms with Crippen LogP contribution < -0.4 is 5.32 Å². The van der Waals surface area contributed by atoms with Gasteiger partial charge in [0.05, 0.1) is 6.26 Å². The summed E-state index contributed by atoms with van der Waals surface area (Å²) in [6.07, 6.45) is 1.46. The molecule has 1 N–H and O–H groups in total. The predicted octanol–water partition coefficient (Wildman–Crippen LogP) is 3.27. The van der Waals surface area contributed by atoms with Gasteiger partial charge in [-0.3, -0.25) is 4.79 Å². The molecule has 0 aliphatic carbocycles. The number of anilines is 1. The number of amides is 1. The van der Waals surface area contributed by atoms with Crippen molar-refractivity contribution < 1.29 is 9.21 Å². The van der Waals surface area contributed by atoms with Gasteiger partial charge in [-0.25, -0.2) is 0 Å². The molecule has 0 radical (unpaired) electrons. The van der Waals surface area contributed by atoms with Crippen LogP contribution in [0.3, 0.4) is 0 Å². The number of nitrogens with one attached hydrogen (secondary N) is 1. The fourth-order valence-corrected chi connectivity index (χ4v) is 1.50. The van der Waals surface area contributed by atoms with Crippen molar-refractivity contribution in [3.05, 3.63) is 54.0 Å². The second-order valence-electron chi connectivity index (χ2n) is 3.27. The summed E-state index contributed by atoms with van der Waals surface area (Å²) in [5.74, 6) is 0.442.